The van der Waals surface area contributed by atoms with Gasteiger partial charge in [0, 0.05) is 26.2 Å². The number of anilines is 1. The molecule has 1 aromatic heterocycles. The van der Waals surface area contributed by atoms with Crippen molar-refractivity contribution in [1.29, 1.82) is 0 Å². The molecular weight excluding hydrogens is 342 g/mol. The second-order valence-electron chi connectivity index (χ2n) is 4.61. The van der Waals surface area contributed by atoms with Crippen molar-refractivity contribution in [3.05, 3.63) is 21.0 Å². The Morgan fingerprint density at radius 3 is 2.86 bits per heavy atom. The average Bonchev–Trinajstić information content (AvgIpc) is 2.52. The number of hydrogen-bond acceptors (Lipinski definition) is 6. The first-order valence-electron chi connectivity index (χ1n) is 6.72. The number of piperazine rings is 1. The highest BCUT2D eigenvalue weighted by Crippen LogP contribution is 2.15. The molecule has 116 valence electrons. The summed E-state index contributed by atoms with van der Waals surface area (Å²) in [7, 11) is 0. The number of nitrogens with zero attached hydrogens (tertiary/aromatic N) is 3. The van der Waals surface area contributed by atoms with Crippen LogP contribution in [0.15, 0.2) is 15.5 Å². The lowest BCUT2D eigenvalue weighted by molar-refractivity contribution is -0.129. The highest BCUT2D eigenvalue weighted by atomic mass is 79.9. The summed E-state index contributed by atoms with van der Waals surface area (Å²) >= 11 is 3.19. The second kappa shape index (κ2) is 7.53. The van der Waals surface area contributed by atoms with E-state index in [0.717, 1.165) is 17.8 Å². The smallest absolute Gasteiger partial charge is 0.283 e. The molecule has 0 aliphatic carbocycles. The summed E-state index contributed by atoms with van der Waals surface area (Å²) in [6, 6.07) is 0. The van der Waals surface area contributed by atoms with Crippen LogP contribution in [0.25, 0.3) is 0 Å². The third-order valence-electron chi connectivity index (χ3n) is 3.20. The maximum atomic E-state index is 12.0. The van der Waals surface area contributed by atoms with Crippen molar-refractivity contribution < 1.29 is 9.90 Å². The molecule has 0 radical (unpaired) electrons. The van der Waals surface area contributed by atoms with Gasteiger partial charge in [-0.3, -0.25) is 9.59 Å². The standard InChI is InChI=1S/C12H18BrN5O3/c13-11-9(7-16-18(5-6-19)12(11)21)15-8-10(20)17-3-1-14-2-4-17/h7,14-15,19H,1-6,8H2. The Bertz CT molecular complexity index is 556. The number of hydrogen-bond donors (Lipinski definition) is 3. The molecule has 0 saturated carbocycles. The minimum absolute atomic E-state index is 0.0112. The molecule has 0 unspecified atom stereocenters. The van der Waals surface area contributed by atoms with Crippen LogP contribution in [0, 0.1) is 0 Å². The minimum Gasteiger partial charge on any atom is -0.394 e. The predicted molar refractivity (Wildman–Crippen MR) is 81.2 cm³/mol. The molecule has 8 nitrogen and oxygen atoms in total. The second-order valence-corrected chi connectivity index (χ2v) is 5.40. The molecule has 9 heteroatoms. The average molecular weight is 360 g/mol. The zero-order valence-electron chi connectivity index (χ0n) is 11.5. The fraction of sp³-hybridized carbons (Fsp3) is 0.583. The van der Waals surface area contributed by atoms with Gasteiger partial charge < -0.3 is 20.6 Å². The molecule has 1 aliphatic rings. The third-order valence-corrected chi connectivity index (χ3v) is 3.96. The number of aromatic nitrogens is 2. The van der Waals surface area contributed by atoms with Crippen molar-refractivity contribution in [1.82, 2.24) is 20.0 Å². The topological polar surface area (TPSA) is 99.5 Å². The van der Waals surface area contributed by atoms with Gasteiger partial charge in [0.1, 0.15) is 4.47 Å². The Balaban J connectivity index is 1.98. The van der Waals surface area contributed by atoms with Gasteiger partial charge in [-0.2, -0.15) is 5.10 Å². The number of aliphatic hydroxyl groups excluding tert-OH is 1. The molecule has 1 amide bonds. The number of rotatable bonds is 5. The van der Waals surface area contributed by atoms with Gasteiger partial charge in [0.2, 0.25) is 5.91 Å². The lowest BCUT2D eigenvalue weighted by Crippen LogP contribution is -2.48. The predicted octanol–water partition coefficient (Wildman–Crippen LogP) is -1.16. The Morgan fingerprint density at radius 1 is 1.48 bits per heavy atom. The number of nitrogens with one attached hydrogen (secondary N) is 2. The maximum absolute atomic E-state index is 12.0. The first kappa shape index (κ1) is 15.9. The summed E-state index contributed by atoms with van der Waals surface area (Å²) in [4.78, 5) is 25.7. The molecule has 0 spiro atoms. The van der Waals surface area contributed by atoms with Gasteiger partial charge in [-0.1, -0.05) is 0 Å². The molecule has 3 N–H and O–H groups in total. The normalized spacial score (nSPS) is 15.0. The number of amides is 1. The van der Waals surface area contributed by atoms with E-state index in [2.05, 4.69) is 31.7 Å². The SMILES string of the molecule is O=C(CNc1cnn(CCO)c(=O)c1Br)N1CCNCC1. The Kier molecular flexibility index (Phi) is 5.71. The van der Waals surface area contributed by atoms with Crippen LogP contribution in [0.1, 0.15) is 0 Å². The van der Waals surface area contributed by atoms with Crippen LogP contribution in [0.3, 0.4) is 0 Å². The number of carbonyl (C=O) groups excluding carboxylic acids is 1. The third kappa shape index (κ3) is 4.02. The number of aliphatic hydroxyl groups is 1. The van der Waals surface area contributed by atoms with Gasteiger partial charge in [0.25, 0.3) is 5.56 Å². The van der Waals surface area contributed by atoms with Gasteiger partial charge in [0.05, 0.1) is 31.6 Å². The highest BCUT2D eigenvalue weighted by Gasteiger charge is 2.16. The number of carbonyl (C=O) groups is 1. The molecule has 1 saturated heterocycles. The van der Waals surface area contributed by atoms with Crippen LogP contribution in [-0.4, -0.2) is 65.0 Å². The van der Waals surface area contributed by atoms with Crippen molar-refractivity contribution in [2.75, 3.05) is 44.6 Å². The summed E-state index contributed by atoms with van der Waals surface area (Å²) in [5, 5.41) is 18.9. The zero-order chi connectivity index (χ0) is 15.2. The summed E-state index contributed by atoms with van der Waals surface area (Å²) < 4.78 is 1.46. The van der Waals surface area contributed by atoms with E-state index in [0.29, 0.717) is 23.2 Å². The van der Waals surface area contributed by atoms with Crippen molar-refractivity contribution in [3.63, 3.8) is 0 Å². The largest absolute Gasteiger partial charge is 0.394 e. The molecule has 1 aromatic rings. The van der Waals surface area contributed by atoms with Crippen LogP contribution < -0.4 is 16.2 Å². The van der Waals surface area contributed by atoms with Gasteiger partial charge in [0.15, 0.2) is 0 Å². The maximum Gasteiger partial charge on any atom is 0.283 e. The van der Waals surface area contributed by atoms with E-state index < -0.39 is 0 Å². The van der Waals surface area contributed by atoms with Gasteiger partial charge >= 0.3 is 0 Å². The summed E-state index contributed by atoms with van der Waals surface area (Å²) in [5.41, 5.74) is 0.126. The zero-order valence-corrected chi connectivity index (χ0v) is 13.1. The van der Waals surface area contributed by atoms with E-state index >= 15 is 0 Å². The lowest BCUT2D eigenvalue weighted by atomic mass is 10.3. The molecule has 0 aromatic carbocycles. The monoisotopic (exact) mass is 359 g/mol. The summed E-state index contributed by atoms with van der Waals surface area (Å²) in [6.45, 7) is 3.08. The number of halogens is 1. The molecule has 2 rings (SSSR count). The lowest BCUT2D eigenvalue weighted by Gasteiger charge is -2.27. The fourth-order valence-corrected chi connectivity index (χ4v) is 2.49. The molecular formula is C12H18BrN5O3. The van der Waals surface area contributed by atoms with Gasteiger partial charge in [-0.25, -0.2) is 4.68 Å². The van der Waals surface area contributed by atoms with Crippen molar-refractivity contribution in [2.45, 2.75) is 6.54 Å². The van der Waals surface area contributed by atoms with Crippen molar-refractivity contribution in [2.24, 2.45) is 0 Å². The Hall–Kier alpha value is -1.45. The minimum atomic E-state index is -0.344. The first-order valence-corrected chi connectivity index (χ1v) is 7.51. The van der Waals surface area contributed by atoms with Gasteiger partial charge in [-0.05, 0) is 15.9 Å². The van der Waals surface area contributed by atoms with Crippen LogP contribution in [0.5, 0.6) is 0 Å². The Labute approximate surface area is 130 Å². The van der Waals surface area contributed by atoms with Crippen molar-refractivity contribution >= 4 is 27.5 Å². The molecule has 0 bridgehead atoms. The Morgan fingerprint density at radius 2 is 2.19 bits per heavy atom. The van der Waals surface area contributed by atoms with E-state index in [9.17, 15) is 9.59 Å². The van der Waals surface area contributed by atoms with Gasteiger partial charge in [-0.15, -0.1) is 0 Å². The summed E-state index contributed by atoms with van der Waals surface area (Å²) in [5.74, 6) is -0.0112. The van der Waals surface area contributed by atoms with E-state index in [-0.39, 0.29) is 31.2 Å². The van der Waals surface area contributed by atoms with E-state index in [1.165, 1.54) is 6.20 Å². The molecule has 1 aliphatic heterocycles. The van der Waals surface area contributed by atoms with E-state index in [1.54, 1.807) is 4.90 Å². The molecule has 1 fully saturated rings. The van der Waals surface area contributed by atoms with Crippen molar-refractivity contribution in [3.8, 4) is 0 Å². The van der Waals surface area contributed by atoms with Crippen LogP contribution in [0.4, 0.5) is 5.69 Å². The summed E-state index contributed by atoms with van der Waals surface area (Å²) in [6.07, 6.45) is 1.46. The molecule has 0 atom stereocenters. The quantitative estimate of drug-likeness (QED) is 0.613. The van der Waals surface area contributed by atoms with Crippen LogP contribution in [0.2, 0.25) is 0 Å². The van der Waals surface area contributed by atoms with E-state index in [1.807, 2.05) is 0 Å². The van der Waals surface area contributed by atoms with Crippen LogP contribution >= 0.6 is 15.9 Å². The van der Waals surface area contributed by atoms with Crippen LogP contribution in [-0.2, 0) is 11.3 Å². The molecule has 2 heterocycles. The highest BCUT2D eigenvalue weighted by molar-refractivity contribution is 9.10. The first-order chi connectivity index (χ1) is 10.1. The fourth-order valence-electron chi connectivity index (χ4n) is 2.04. The van der Waals surface area contributed by atoms with E-state index in [4.69, 9.17) is 5.11 Å². The molecule has 21 heavy (non-hydrogen) atoms.